The van der Waals surface area contributed by atoms with Gasteiger partial charge in [-0.3, -0.25) is 9.48 Å². The maximum Gasteiger partial charge on any atom is 0.272 e. The second kappa shape index (κ2) is 7.73. The fourth-order valence-electron chi connectivity index (χ4n) is 3.90. The van der Waals surface area contributed by atoms with Crippen molar-refractivity contribution < 1.29 is 22.7 Å². The SMILES string of the molecule is O=C(NCc1ccc2c(c1)OCO2)c1cc(-c2ccccc2)n([C@H]2CCS(=O)(=O)C2)n1. The van der Waals surface area contributed by atoms with Gasteiger partial charge in [0.05, 0.1) is 23.2 Å². The van der Waals surface area contributed by atoms with Gasteiger partial charge in [-0.15, -0.1) is 0 Å². The standard InChI is InChI=1S/C22H21N3O5S/c26-22(23-12-15-6-7-20-21(10-15)30-14-29-20)18-11-19(16-4-2-1-3-5-16)25(24-18)17-8-9-31(27,28)13-17/h1-7,10-11,17H,8-9,12-14H2,(H,23,26)/t17-/m0/s1. The van der Waals surface area contributed by atoms with Gasteiger partial charge in [0, 0.05) is 6.54 Å². The molecular formula is C22H21N3O5S. The van der Waals surface area contributed by atoms with Gasteiger partial charge in [-0.05, 0) is 35.7 Å². The van der Waals surface area contributed by atoms with Gasteiger partial charge in [-0.2, -0.15) is 5.10 Å². The lowest BCUT2D eigenvalue weighted by Crippen LogP contribution is -2.24. The normalized spacial score (nSPS) is 18.8. The van der Waals surface area contributed by atoms with Crippen molar-refractivity contribution in [3.05, 3.63) is 65.9 Å². The van der Waals surface area contributed by atoms with Crippen molar-refractivity contribution in [2.45, 2.75) is 19.0 Å². The van der Waals surface area contributed by atoms with Gasteiger partial charge in [-0.25, -0.2) is 8.42 Å². The lowest BCUT2D eigenvalue weighted by molar-refractivity contribution is 0.0944. The predicted octanol–water partition coefficient (Wildman–Crippen LogP) is 2.57. The number of amides is 1. The lowest BCUT2D eigenvalue weighted by atomic mass is 10.1. The zero-order chi connectivity index (χ0) is 21.4. The van der Waals surface area contributed by atoms with E-state index in [0.29, 0.717) is 24.5 Å². The first-order chi connectivity index (χ1) is 15.0. The molecule has 5 rings (SSSR count). The molecule has 1 N–H and O–H groups in total. The summed E-state index contributed by atoms with van der Waals surface area (Å²) < 4.78 is 36.4. The zero-order valence-electron chi connectivity index (χ0n) is 16.7. The minimum absolute atomic E-state index is 0.0345. The quantitative estimate of drug-likeness (QED) is 0.656. The van der Waals surface area contributed by atoms with E-state index in [1.807, 2.05) is 48.5 Å². The molecule has 1 aromatic heterocycles. The van der Waals surface area contributed by atoms with E-state index in [2.05, 4.69) is 10.4 Å². The summed E-state index contributed by atoms with van der Waals surface area (Å²) in [4.78, 5) is 12.8. The Morgan fingerprint density at radius 3 is 2.68 bits per heavy atom. The molecule has 1 amide bonds. The summed E-state index contributed by atoms with van der Waals surface area (Å²) >= 11 is 0. The van der Waals surface area contributed by atoms with Crippen LogP contribution in [0.1, 0.15) is 28.5 Å². The number of ether oxygens (including phenoxy) is 2. The van der Waals surface area contributed by atoms with Crippen molar-refractivity contribution in [1.82, 2.24) is 15.1 Å². The number of hydrogen-bond acceptors (Lipinski definition) is 6. The minimum atomic E-state index is -3.09. The number of carbonyl (C=O) groups excluding carboxylic acids is 1. The molecule has 1 atom stereocenters. The highest BCUT2D eigenvalue weighted by atomic mass is 32.2. The van der Waals surface area contributed by atoms with E-state index in [1.165, 1.54) is 0 Å². The number of hydrogen-bond donors (Lipinski definition) is 1. The number of rotatable bonds is 5. The Morgan fingerprint density at radius 2 is 1.90 bits per heavy atom. The second-order valence-corrected chi connectivity index (χ2v) is 9.88. The van der Waals surface area contributed by atoms with E-state index in [4.69, 9.17) is 9.47 Å². The Morgan fingerprint density at radius 1 is 1.10 bits per heavy atom. The summed E-state index contributed by atoms with van der Waals surface area (Å²) in [6.45, 7) is 0.503. The molecule has 3 heterocycles. The van der Waals surface area contributed by atoms with Crippen molar-refractivity contribution in [3.63, 3.8) is 0 Å². The smallest absolute Gasteiger partial charge is 0.272 e. The van der Waals surface area contributed by atoms with Crippen LogP contribution < -0.4 is 14.8 Å². The van der Waals surface area contributed by atoms with Crippen LogP contribution in [-0.2, 0) is 16.4 Å². The highest BCUT2D eigenvalue weighted by Gasteiger charge is 2.32. The number of carbonyl (C=O) groups is 1. The van der Waals surface area contributed by atoms with E-state index >= 15 is 0 Å². The Bertz CT molecular complexity index is 1240. The molecule has 1 fully saturated rings. The largest absolute Gasteiger partial charge is 0.454 e. The maximum absolute atomic E-state index is 12.8. The average molecular weight is 439 g/mol. The number of aromatic nitrogens is 2. The molecule has 0 spiro atoms. The van der Waals surface area contributed by atoms with Crippen molar-refractivity contribution in [3.8, 4) is 22.8 Å². The van der Waals surface area contributed by atoms with E-state index < -0.39 is 9.84 Å². The van der Waals surface area contributed by atoms with Crippen LogP contribution in [0.5, 0.6) is 11.5 Å². The first kappa shape index (κ1) is 19.6. The molecule has 0 saturated carbocycles. The molecule has 2 aliphatic heterocycles. The van der Waals surface area contributed by atoms with E-state index in [1.54, 1.807) is 10.7 Å². The van der Waals surface area contributed by atoms with Gasteiger partial charge in [0.25, 0.3) is 5.91 Å². The highest BCUT2D eigenvalue weighted by Crippen LogP contribution is 2.33. The third-order valence-electron chi connectivity index (χ3n) is 5.48. The van der Waals surface area contributed by atoms with Crippen LogP contribution >= 0.6 is 0 Å². The number of nitrogens with one attached hydrogen (secondary N) is 1. The Hall–Kier alpha value is -3.33. The zero-order valence-corrected chi connectivity index (χ0v) is 17.5. The number of nitrogens with zero attached hydrogens (tertiary/aromatic N) is 2. The fourth-order valence-corrected chi connectivity index (χ4v) is 5.59. The molecule has 0 unspecified atom stereocenters. The Balaban J connectivity index is 1.39. The van der Waals surface area contributed by atoms with Gasteiger partial charge in [0.1, 0.15) is 0 Å². The van der Waals surface area contributed by atoms with Crippen LogP contribution in [0.25, 0.3) is 11.3 Å². The van der Waals surface area contributed by atoms with Crippen LogP contribution in [0.15, 0.2) is 54.6 Å². The summed E-state index contributed by atoms with van der Waals surface area (Å²) in [5.41, 5.74) is 2.75. The summed E-state index contributed by atoms with van der Waals surface area (Å²) in [5.74, 6) is 1.19. The van der Waals surface area contributed by atoms with Crippen LogP contribution in [0.3, 0.4) is 0 Å². The Kier molecular flexibility index (Phi) is 4.90. The van der Waals surface area contributed by atoms with Gasteiger partial charge >= 0.3 is 0 Å². The topological polar surface area (TPSA) is 99.5 Å². The number of benzene rings is 2. The molecular weight excluding hydrogens is 418 g/mol. The van der Waals surface area contributed by atoms with Gasteiger partial charge in [0.15, 0.2) is 27.0 Å². The molecule has 2 aliphatic rings. The maximum atomic E-state index is 12.8. The third kappa shape index (κ3) is 4.00. The predicted molar refractivity (Wildman–Crippen MR) is 114 cm³/mol. The van der Waals surface area contributed by atoms with E-state index in [0.717, 1.165) is 16.8 Å². The Labute approximate surface area is 179 Å². The molecule has 1 saturated heterocycles. The van der Waals surface area contributed by atoms with Gasteiger partial charge in [-0.1, -0.05) is 36.4 Å². The van der Waals surface area contributed by atoms with Crippen LogP contribution in [0.2, 0.25) is 0 Å². The summed E-state index contributed by atoms with van der Waals surface area (Å²) in [7, 11) is -3.09. The van der Waals surface area contributed by atoms with Crippen LogP contribution in [0, 0.1) is 0 Å². The van der Waals surface area contributed by atoms with E-state index in [9.17, 15) is 13.2 Å². The van der Waals surface area contributed by atoms with E-state index in [-0.39, 0.29) is 35.9 Å². The lowest BCUT2D eigenvalue weighted by Gasteiger charge is -2.13. The fraction of sp³-hybridized carbons (Fsp3) is 0.273. The highest BCUT2D eigenvalue weighted by molar-refractivity contribution is 7.91. The summed E-state index contributed by atoms with van der Waals surface area (Å²) in [6, 6.07) is 16.5. The van der Waals surface area contributed by atoms with Crippen molar-refractivity contribution in [2.24, 2.45) is 0 Å². The molecule has 0 aliphatic carbocycles. The number of fused-ring (bicyclic) bond motifs is 1. The monoisotopic (exact) mass is 439 g/mol. The molecule has 160 valence electrons. The molecule has 0 radical (unpaired) electrons. The van der Waals surface area contributed by atoms with Gasteiger partial charge < -0.3 is 14.8 Å². The van der Waals surface area contributed by atoms with Crippen LogP contribution in [-0.4, -0.2) is 42.4 Å². The molecule has 31 heavy (non-hydrogen) atoms. The molecule has 0 bridgehead atoms. The molecule has 8 nitrogen and oxygen atoms in total. The van der Waals surface area contributed by atoms with Crippen molar-refractivity contribution >= 4 is 15.7 Å². The minimum Gasteiger partial charge on any atom is -0.454 e. The van der Waals surface area contributed by atoms with Gasteiger partial charge in [0.2, 0.25) is 6.79 Å². The molecule has 9 heteroatoms. The third-order valence-corrected chi connectivity index (χ3v) is 7.23. The summed E-state index contributed by atoms with van der Waals surface area (Å²) in [6.07, 6.45) is 0.488. The molecule has 2 aromatic carbocycles. The summed E-state index contributed by atoms with van der Waals surface area (Å²) in [5, 5.41) is 7.38. The second-order valence-electron chi connectivity index (χ2n) is 7.65. The van der Waals surface area contributed by atoms with Crippen molar-refractivity contribution in [2.75, 3.05) is 18.3 Å². The first-order valence-electron chi connectivity index (χ1n) is 10.0. The average Bonchev–Trinajstić information content (AvgIpc) is 3.50. The number of sulfone groups is 1. The first-order valence-corrected chi connectivity index (χ1v) is 11.8. The van der Waals surface area contributed by atoms with Crippen molar-refractivity contribution in [1.29, 1.82) is 0 Å². The van der Waals surface area contributed by atoms with Crippen LogP contribution in [0.4, 0.5) is 0 Å². The molecule has 3 aromatic rings.